The third kappa shape index (κ3) is 2.60. The Morgan fingerprint density at radius 2 is 1.27 bits per heavy atom. The van der Waals surface area contributed by atoms with Crippen molar-refractivity contribution < 1.29 is 31.4 Å². The van der Waals surface area contributed by atoms with E-state index in [4.69, 9.17) is 5.11 Å². The van der Waals surface area contributed by atoms with E-state index in [1.54, 1.807) is 0 Å². The van der Waals surface area contributed by atoms with E-state index in [0.717, 1.165) is 0 Å². The third-order valence-corrected chi connectivity index (χ3v) is 0.687. The molecule has 3 radical (unpaired) electrons. The standard InChI is InChI=1S/C3H2F6O.B/c4-1(5)2(6,10)3(7,8)9;/h1,10H;. The van der Waals surface area contributed by atoms with E-state index in [-0.39, 0.29) is 8.41 Å². The molecule has 0 amide bonds. The summed E-state index contributed by atoms with van der Waals surface area (Å²) < 4.78 is 66.3. The number of hydrogen-bond acceptors (Lipinski definition) is 1. The maximum atomic E-state index is 11.4. The molecule has 0 aliphatic rings. The van der Waals surface area contributed by atoms with Gasteiger partial charge in [0, 0.05) is 8.41 Å². The molecule has 0 aromatic carbocycles. The van der Waals surface area contributed by atoms with Crippen LogP contribution in [0.2, 0.25) is 0 Å². The molecule has 0 fully saturated rings. The van der Waals surface area contributed by atoms with Crippen molar-refractivity contribution in [1.29, 1.82) is 0 Å². The van der Waals surface area contributed by atoms with Gasteiger partial charge in [-0.15, -0.1) is 0 Å². The molecule has 1 unspecified atom stereocenters. The van der Waals surface area contributed by atoms with Crippen molar-refractivity contribution in [2.75, 3.05) is 0 Å². The minimum absolute atomic E-state index is 0. The number of alkyl halides is 6. The van der Waals surface area contributed by atoms with Crippen molar-refractivity contribution in [3.63, 3.8) is 0 Å². The van der Waals surface area contributed by atoms with Crippen molar-refractivity contribution in [2.45, 2.75) is 18.5 Å². The van der Waals surface area contributed by atoms with Gasteiger partial charge in [-0.3, -0.25) is 0 Å². The lowest BCUT2D eigenvalue weighted by atomic mass is 10.3. The Morgan fingerprint density at radius 1 is 1.00 bits per heavy atom. The van der Waals surface area contributed by atoms with Crippen molar-refractivity contribution in [2.24, 2.45) is 0 Å². The average Bonchev–Trinajstić information content (AvgIpc) is 1.62. The lowest BCUT2D eigenvalue weighted by Gasteiger charge is -2.20. The van der Waals surface area contributed by atoms with Gasteiger partial charge in [0.15, 0.2) is 0 Å². The van der Waals surface area contributed by atoms with Crippen molar-refractivity contribution in [3.8, 4) is 0 Å². The predicted molar refractivity (Wildman–Crippen MR) is 23.9 cm³/mol. The quantitative estimate of drug-likeness (QED) is 0.471. The van der Waals surface area contributed by atoms with Crippen LogP contribution in [0.3, 0.4) is 0 Å². The van der Waals surface area contributed by atoms with E-state index in [1.807, 2.05) is 0 Å². The van der Waals surface area contributed by atoms with Crippen LogP contribution in [0.4, 0.5) is 26.3 Å². The zero-order chi connectivity index (χ0) is 8.58. The van der Waals surface area contributed by atoms with E-state index in [0.29, 0.717) is 0 Å². The van der Waals surface area contributed by atoms with E-state index in [9.17, 15) is 26.3 Å². The molecule has 0 aliphatic heterocycles. The second-order valence-electron chi connectivity index (χ2n) is 1.47. The maximum Gasteiger partial charge on any atom is 0.454 e. The molecule has 0 aromatic heterocycles. The topological polar surface area (TPSA) is 20.2 Å². The van der Waals surface area contributed by atoms with Gasteiger partial charge in [0.2, 0.25) is 0 Å². The smallest absolute Gasteiger partial charge is 0.350 e. The summed E-state index contributed by atoms with van der Waals surface area (Å²) in [5.74, 6) is -5.40. The summed E-state index contributed by atoms with van der Waals surface area (Å²) in [6.07, 6.45) is -10.4. The monoisotopic (exact) mass is 179 g/mol. The summed E-state index contributed by atoms with van der Waals surface area (Å²) in [5, 5.41) is 7.39. The van der Waals surface area contributed by atoms with E-state index < -0.39 is 18.5 Å². The Hall–Kier alpha value is -0.395. The summed E-state index contributed by atoms with van der Waals surface area (Å²) >= 11 is 0. The number of rotatable bonds is 1. The van der Waals surface area contributed by atoms with Crippen LogP contribution in [-0.2, 0) is 0 Å². The van der Waals surface area contributed by atoms with Crippen LogP contribution in [-0.4, -0.2) is 32.0 Å². The summed E-state index contributed by atoms with van der Waals surface area (Å²) in [5.41, 5.74) is 0. The molecular weight excluding hydrogens is 177 g/mol. The molecule has 0 heterocycles. The summed E-state index contributed by atoms with van der Waals surface area (Å²) in [6, 6.07) is 0. The highest BCUT2D eigenvalue weighted by Crippen LogP contribution is 2.36. The Balaban J connectivity index is 0. The largest absolute Gasteiger partial charge is 0.454 e. The molecule has 0 saturated carbocycles. The highest BCUT2D eigenvalue weighted by atomic mass is 19.4. The minimum atomic E-state index is -5.94. The van der Waals surface area contributed by atoms with Gasteiger partial charge in [-0.2, -0.15) is 17.6 Å². The van der Waals surface area contributed by atoms with Gasteiger partial charge in [-0.1, -0.05) is 0 Å². The first-order chi connectivity index (χ1) is 4.19. The van der Waals surface area contributed by atoms with Crippen LogP contribution in [0.1, 0.15) is 0 Å². The fraction of sp³-hybridized carbons (Fsp3) is 1.00. The van der Waals surface area contributed by atoms with Gasteiger partial charge in [0.05, 0.1) is 0 Å². The molecule has 0 spiro atoms. The fourth-order valence-corrected chi connectivity index (χ4v) is 0.124. The molecule has 0 saturated heterocycles. The molecule has 0 aromatic rings. The van der Waals surface area contributed by atoms with Crippen LogP contribution < -0.4 is 0 Å². The minimum Gasteiger partial charge on any atom is -0.350 e. The highest BCUT2D eigenvalue weighted by molar-refractivity contribution is 5.75. The van der Waals surface area contributed by atoms with Gasteiger partial charge < -0.3 is 5.11 Å². The molecule has 0 bridgehead atoms. The van der Waals surface area contributed by atoms with Gasteiger partial charge in [-0.05, 0) is 0 Å². The summed E-state index contributed by atoms with van der Waals surface area (Å²) in [7, 11) is 0. The van der Waals surface area contributed by atoms with Crippen molar-refractivity contribution in [3.05, 3.63) is 0 Å². The molecular formula is C3H2BF6O. The average molecular weight is 179 g/mol. The summed E-state index contributed by atoms with van der Waals surface area (Å²) in [4.78, 5) is 0. The molecule has 8 heteroatoms. The Morgan fingerprint density at radius 3 is 1.27 bits per heavy atom. The molecule has 0 rings (SSSR count). The number of hydrogen-bond donors (Lipinski definition) is 1. The zero-order valence-electron chi connectivity index (χ0n) is 4.87. The molecule has 11 heavy (non-hydrogen) atoms. The molecule has 1 atom stereocenters. The Labute approximate surface area is 59.6 Å². The first-order valence-corrected chi connectivity index (χ1v) is 1.95. The van der Waals surface area contributed by atoms with E-state index >= 15 is 0 Å². The Kier molecular flexibility index (Phi) is 4.00. The van der Waals surface area contributed by atoms with Crippen LogP contribution in [0.5, 0.6) is 0 Å². The first kappa shape index (κ1) is 13.2. The lowest BCUT2D eigenvalue weighted by molar-refractivity contribution is -0.352. The van der Waals surface area contributed by atoms with Crippen LogP contribution >= 0.6 is 0 Å². The van der Waals surface area contributed by atoms with Crippen LogP contribution in [0.15, 0.2) is 0 Å². The predicted octanol–water partition coefficient (Wildman–Crippen LogP) is 1.09. The van der Waals surface area contributed by atoms with Crippen molar-refractivity contribution in [1.82, 2.24) is 0 Å². The van der Waals surface area contributed by atoms with Gasteiger partial charge in [-0.25, -0.2) is 8.78 Å². The van der Waals surface area contributed by atoms with Crippen LogP contribution in [0, 0.1) is 0 Å². The number of halogens is 6. The second-order valence-corrected chi connectivity index (χ2v) is 1.47. The van der Waals surface area contributed by atoms with Crippen LogP contribution in [0.25, 0.3) is 0 Å². The highest BCUT2D eigenvalue weighted by Gasteiger charge is 2.62. The van der Waals surface area contributed by atoms with Gasteiger partial charge in [0.1, 0.15) is 0 Å². The third-order valence-electron chi connectivity index (χ3n) is 0.687. The SMILES string of the molecule is OC(F)(C(F)F)C(F)(F)F.[B]. The van der Waals surface area contributed by atoms with Gasteiger partial charge in [0.25, 0.3) is 0 Å². The summed E-state index contributed by atoms with van der Waals surface area (Å²) in [6.45, 7) is 0. The normalized spacial score (nSPS) is 17.5. The zero-order valence-corrected chi connectivity index (χ0v) is 4.87. The lowest BCUT2D eigenvalue weighted by Crippen LogP contribution is -2.47. The number of aliphatic hydroxyl groups is 1. The maximum absolute atomic E-state index is 11.4. The first-order valence-electron chi connectivity index (χ1n) is 1.95. The molecule has 0 aliphatic carbocycles. The second kappa shape index (κ2) is 3.33. The molecule has 1 N–H and O–H groups in total. The fourth-order valence-electron chi connectivity index (χ4n) is 0.124. The molecule has 1 nitrogen and oxygen atoms in total. The van der Waals surface area contributed by atoms with E-state index in [2.05, 4.69) is 0 Å². The van der Waals surface area contributed by atoms with Gasteiger partial charge >= 0.3 is 18.5 Å². The van der Waals surface area contributed by atoms with E-state index in [1.165, 1.54) is 0 Å². The Bertz CT molecular complexity index is 119. The van der Waals surface area contributed by atoms with Crippen molar-refractivity contribution >= 4 is 8.41 Å². The molecule has 65 valence electrons.